The van der Waals surface area contributed by atoms with Gasteiger partial charge in [0, 0.05) is 25.9 Å². The molecule has 7 heteroatoms. The molecule has 0 aliphatic heterocycles. The molecule has 0 spiro atoms. The number of nitrogens with zero attached hydrogens (tertiary/aromatic N) is 3. The van der Waals surface area contributed by atoms with E-state index in [2.05, 4.69) is 22.4 Å². The van der Waals surface area contributed by atoms with Crippen molar-refractivity contribution in [2.75, 3.05) is 18.9 Å². The first kappa shape index (κ1) is 16.2. The number of urea groups is 1. The SMILES string of the molecule is CCCCc1nnc(NC(=O)N(C)CC2CCCC2O)s1. The fourth-order valence-corrected chi connectivity index (χ4v) is 3.36. The zero-order valence-electron chi connectivity index (χ0n) is 12.7. The minimum absolute atomic E-state index is 0.188. The van der Waals surface area contributed by atoms with Crippen LogP contribution >= 0.6 is 11.3 Å². The Morgan fingerprint density at radius 3 is 2.95 bits per heavy atom. The zero-order valence-corrected chi connectivity index (χ0v) is 13.5. The van der Waals surface area contributed by atoms with Crippen LogP contribution in [0.3, 0.4) is 0 Å². The number of carbonyl (C=O) groups is 1. The van der Waals surface area contributed by atoms with Gasteiger partial charge in [-0.3, -0.25) is 5.32 Å². The van der Waals surface area contributed by atoms with Gasteiger partial charge in [-0.05, 0) is 19.3 Å². The van der Waals surface area contributed by atoms with Crippen LogP contribution in [-0.4, -0.2) is 45.9 Å². The fraction of sp³-hybridized carbons (Fsp3) is 0.786. The Kier molecular flexibility index (Phi) is 5.93. The lowest BCUT2D eigenvalue weighted by atomic mass is 10.1. The molecule has 2 atom stereocenters. The number of aromatic nitrogens is 2. The molecule has 2 unspecified atom stereocenters. The Labute approximate surface area is 129 Å². The molecular weight excluding hydrogens is 288 g/mol. The van der Waals surface area contributed by atoms with Gasteiger partial charge in [-0.2, -0.15) is 0 Å². The summed E-state index contributed by atoms with van der Waals surface area (Å²) in [5.74, 6) is 0.190. The molecule has 0 aromatic carbocycles. The summed E-state index contributed by atoms with van der Waals surface area (Å²) < 4.78 is 0. The van der Waals surface area contributed by atoms with E-state index in [0.717, 1.165) is 43.5 Å². The predicted molar refractivity (Wildman–Crippen MR) is 83.5 cm³/mol. The highest BCUT2D eigenvalue weighted by Crippen LogP contribution is 2.26. The maximum absolute atomic E-state index is 12.1. The van der Waals surface area contributed by atoms with Gasteiger partial charge in [0.2, 0.25) is 5.13 Å². The summed E-state index contributed by atoms with van der Waals surface area (Å²) in [5.41, 5.74) is 0. The number of amides is 2. The smallest absolute Gasteiger partial charge is 0.323 e. The van der Waals surface area contributed by atoms with E-state index in [-0.39, 0.29) is 18.1 Å². The monoisotopic (exact) mass is 312 g/mol. The molecule has 1 fully saturated rings. The molecule has 0 saturated heterocycles. The predicted octanol–water partition coefficient (Wildman–Crippen LogP) is 2.51. The fourth-order valence-electron chi connectivity index (χ4n) is 2.58. The molecule has 1 aliphatic carbocycles. The van der Waals surface area contributed by atoms with Gasteiger partial charge in [0.1, 0.15) is 5.01 Å². The second-order valence-corrected chi connectivity index (χ2v) is 6.74. The number of rotatable bonds is 6. The molecule has 2 rings (SSSR count). The summed E-state index contributed by atoms with van der Waals surface area (Å²) in [7, 11) is 1.75. The molecule has 1 saturated carbocycles. The summed E-state index contributed by atoms with van der Waals surface area (Å²) in [5, 5.41) is 22.2. The normalized spacial score (nSPS) is 21.5. The number of aliphatic hydroxyl groups excluding tert-OH is 1. The number of carbonyl (C=O) groups excluding carboxylic acids is 1. The lowest BCUT2D eigenvalue weighted by molar-refractivity contribution is 0.116. The quantitative estimate of drug-likeness (QED) is 0.846. The third kappa shape index (κ3) is 4.64. The van der Waals surface area contributed by atoms with Crippen molar-refractivity contribution in [1.82, 2.24) is 15.1 Å². The van der Waals surface area contributed by atoms with Crippen LogP contribution in [0, 0.1) is 5.92 Å². The van der Waals surface area contributed by atoms with Gasteiger partial charge in [-0.1, -0.05) is 31.1 Å². The minimum Gasteiger partial charge on any atom is -0.393 e. The Hall–Kier alpha value is -1.21. The summed E-state index contributed by atoms with van der Waals surface area (Å²) in [6.45, 7) is 2.71. The van der Waals surface area contributed by atoms with Gasteiger partial charge in [0.25, 0.3) is 0 Å². The van der Waals surface area contributed by atoms with E-state index in [9.17, 15) is 9.90 Å². The Balaban J connectivity index is 1.81. The maximum atomic E-state index is 12.1. The second kappa shape index (κ2) is 7.70. The Morgan fingerprint density at radius 1 is 1.48 bits per heavy atom. The van der Waals surface area contributed by atoms with Gasteiger partial charge >= 0.3 is 6.03 Å². The van der Waals surface area contributed by atoms with Gasteiger partial charge in [0.05, 0.1) is 6.10 Å². The van der Waals surface area contributed by atoms with Crippen LogP contribution in [-0.2, 0) is 6.42 Å². The summed E-state index contributed by atoms with van der Waals surface area (Å²) in [6.07, 6.45) is 5.71. The third-order valence-corrected chi connectivity index (χ3v) is 4.80. The lowest BCUT2D eigenvalue weighted by Crippen LogP contribution is -2.37. The van der Waals surface area contributed by atoms with E-state index in [0.29, 0.717) is 11.7 Å². The molecule has 2 N–H and O–H groups in total. The summed E-state index contributed by atoms with van der Waals surface area (Å²) in [4.78, 5) is 13.7. The topological polar surface area (TPSA) is 78.4 Å². The Morgan fingerprint density at radius 2 is 2.29 bits per heavy atom. The number of hydrogen-bond acceptors (Lipinski definition) is 5. The van der Waals surface area contributed by atoms with E-state index in [1.54, 1.807) is 11.9 Å². The van der Waals surface area contributed by atoms with Crippen LogP contribution in [0.5, 0.6) is 0 Å². The van der Waals surface area contributed by atoms with E-state index in [4.69, 9.17) is 0 Å². The number of aliphatic hydroxyl groups is 1. The van der Waals surface area contributed by atoms with E-state index >= 15 is 0 Å². The van der Waals surface area contributed by atoms with E-state index in [1.807, 2.05) is 0 Å². The van der Waals surface area contributed by atoms with Crippen molar-refractivity contribution in [3.05, 3.63) is 5.01 Å². The van der Waals surface area contributed by atoms with Crippen molar-refractivity contribution < 1.29 is 9.90 Å². The van der Waals surface area contributed by atoms with Gasteiger partial charge < -0.3 is 10.0 Å². The average molecular weight is 312 g/mol. The second-order valence-electron chi connectivity index (χ2n) is 5.67. The van der Waals surface area contributed by atoms with Crippen LogP contribution in [0.25, 0.3) is 0 Å². The molecular formula is C14H24N4O2S. The molecule has 2 amide bonds. The zero-order chi connectivity index (χ0) is 15.2. The molecule has 1 heterocycles. The highest BCUT2D eigenvalue weighted by atomic mass is 32.1. The van der Waals surface area contributed by atoms with Crippen molar-refractivity contribution in [3.8, 4) is 0 Å². The minimum atomic E-state index is -0.276. The van der Waals surface area contributed by atoms with Crippen molar-refractivity contribution >= 4 is 22.5 Å². The molecule has 21 heavy (non-hydrogen) atoms. The molecule has 6 nitrogen and oxygen atoms in total. The van der Waals surface area contributed by atoms with Gasteiger partial charge in [0.15, 0.2) is 0 Å². The van der Waals surface area contributed by atoms with Crippen LogP contribution in [0.15, 0.2) is 0 Å². The molecule has 0 radical (unpaired) electrons. The van der Waals surface area contributed by atoms with Crippen LogP contribution in [0.1, 0.15) is 44.0 Å². The average Bonchev–Trinajstić information content (AvgIpc) is 3.06. The van der Waals surface area contributed by atoms with Crippen molar-refractivity contribution in [1.29, 1.82) is 0 Å². The van der Waals surface area contributed by atoms with Crippen molar-refractivity contribution in [2.45, 2.75) is 51.6 Å². The van der Waals surface area contributed by atoms with Crippen molar-refractivity contribution in [2.24, 2.45) is 5.92 Å². The molecule has 1 aliphatic rings. The van der Waals surface area contributed by atoms with Crippen LogP contribution in [0.2, 0.25) is 0 Å². The highest BCUT2D eigenvalue weighted by molar-refractivity contribution is 7.15. The van der Waals surface area contributed by atoms with Crippen LogP contribution < -0.4 is 5.32 Å². The number of unbranched alkanes of at least 4 members (excludes halogenated alkanes) is 1. The molecule has 0 bridgehead atoms. The largest absolute Gasteiger partial charge is 0.393 e. The summed E-state index contributed by atoms with van der Waals surface area (Å²) >= 11 is 1.43. The van der Waals surface area contributed by atoms with E-state index < -0.39 is 0 Å². The number of aryl methyl sites for hydroxylation is 1. The maximum Gasteiger partial charge on any atom is 0.323 e. The Bertz CT molecular complexity index is 466. The molecule has 118 valence electrons. The number of hydrogen-bond donors (Lipinski definition) is 2. The van der Waals surface area contributed by atoms with Crippen molar-refractivity contribution in [3.63, 3.8) is 0 Å². The number of anilines is 1. The molecule has 1 aromatic heterocycles. The third-order valence-electron chi connectivity index (χ3n) is 3.90. The van der Waals surface area contributed by atoms with Gasteiger partial charge in [-0.25, -0.2) is 4.79 Å². The first-order chi connectivity index (χ1) is 10.1. The van der Waals surface area contributed by atoms with Gasteiger partial charge in [-0.15, -0.1) is 10.2 Å². The first-order valence-electron chi connectivity index (χ1n) is 7.62. The number of nitrogens with one attached hydrogen (secondary N) is 1. The highest BCUT2D eigenvalue weighted by Gasteiger charge is 2.27. The van der Waals surface area contributed by atoms with Crippen LogP contribution in [0.4, 0.5) is 9.93 Å². The molecule has 1 aromatic rings. The lowest BCUT2D eigenvalue weighted by Gasteiger charge is -2.22. The first-order valence-corrected chi connectivity index (χ1v) is 8.44. The summed E-state index contributed by atoms with van der Waals surface area (Å²) in [6, 6.07) is -0.188. The van der Waals surface area contributed by atoms with E-state index in [1.165, 1.54) is 11.3 Å². The standard InChI is InChI=1S/C14H24N4O2S/c1-3-4-8-12-16-17-13(21-12)15-14(20)18(2)9-10-6-5-7-11(10)19/h10-11,19H,3-9H2,1-2H3,(H,15,17,20).